The van der Waals surface area contributed by atoms with Gasteiger partial charge in [0.2, 0.25) is 0 Å². The van der Waals surface area contributed by atoms with E-state index in [1.807, 2.05) is 6.07 Å². The second-order valence-electron chi connectivity index (χ2n) is 3.31. The molecule has 0 spiro atoms. The fraction of sp³-hybridized carbons (Fsp3) is 0.182. The van der Waals surface area contributed by atoms with Gasteiger partial charge in [0.05, 0.1) is 6.54 Å². The topological polar surface area (TPSA) is 70.6 Å². The largest absolute Gasteiger partial charge is 0.318 e. The van der Waals surface area contributed by atoms with Crippen molar-refractivity contribution in [3.8, 4) is 0 Å². The lowest BCUT2D eigenvalue weighted by molar-refractivity contribution is -0.135. The molecule has 0 unspecified atom stereocenters. The van der Waals surface area contributed by atoms with E-state index in [2.05, 4.69) is 15.6 Å². The summed E-state index contributed by atoms with van der Waals surface area (Å²) in [6, 6.07) is 8.83. The standard InChI is InChI=1S/C11H11N3O2S/c15-9(13-8-4-2-1-3-5-8)10(16)14-11-12-6-7-17-11/h1-5H,6-7H2,(H,13,15)(H,12,14,16). The Bertz CT molecular complexity index is 459. The van der Waals surface area contributed by atoms with Crippen LogP contribution in [0.2, 0.25) is 0 Å². The minimum absolute atomic E-state index is 0.512. The Morgan fingerprint density at radius 1 is 1.12 bits per heavy atom. The smallest absolute Gasteiger partial charge is 0.315 e. The van der Waals surface area contributed by atoms with Gasteiger partial charge in [-0.2, -0.15) is 0 Å². The fourth-order valence-corrected chi connectivity index (χ4v) is 2.00. The normalized spacial score (nSPS) is 14.0. The molecule has 1 aromatic carbocycles. The van der Waals surface area contributed by atoms with Crippen molar-refractivity contribution in [1.29, 1.82) is 0 Å². The third kappa shape index (κ3) is 3.32. The number of benzene rings is 1. The molecule has 1 aliphatic heterocycles. The summed E-state index contributed by atoms with van der Waals surface area (Å²) in [6.07, 6.45) is 0. The van der Waals surface area contributed by atoms with Gasteiger partial charge in [0.25, 0.3) is 0 Å². The highest BCUT2D eigenvalue weighted by atomic mass is 32.2. The molecule has 1 heterocycles. The van der Waals surface area contributed by atoms with Crippen molar-refractivity contribution in [2.75, 3.05) is 17.6 Å². The number of carbonyl (C=O) groups is 2. The molecular weight excluding hydrogens is 238 g/mol. The maximum atomic E-state index is 11.5. The molecule has 0 saturated carbocycles. The Morgan fingerprint density at radius 3 is 2.47 bits per heavy atom. The van der Waals surface area contributed by atoms with Crippen LogP contribution in [-0.2, 0) is 9.59 Å². The zero-order chi connectivity index (χ0) is 12.1. The summed E-state index contributed by atoms with van der Waals surface area (Å²) >= 11 is 1.43. The van der Waals surface area contributed by atoms with Crippen LogP contribution in [0.1, 0.15) is 0 Å². The van der Waals surface area contributed by atoms with Crippen LogP contribution in [0.3, 0.4) is 0 Å². The quantitative estimate of drug-likeness (QED) is 0.725. The second kappa shape index (κ2) is 5.49. The van der Waals surface area contributed by atoms with Crippen LogP contribution in [0.15, 0.2) is 35.3 Å². The van der Waals surface area contributed by atoms with Crippen molar-refractivity contribution >= 4 is 34.4 Å². The van der Waals surface area contributed by atoms with Gasteiger partial charge in [-0.3, -0.25) is 19.9 Å². The Kier molecular flexibility index (Phi) is 3.77. The zero-order valence-corrected chi connectivity index (χ0v) is 9.79. The van der Waals surface area contributed by atoms with E-state index in [0.29, 0.717) is 17.4 Å². The molecule has 0 atom stereocenters. The predicted molar refractivity (Wildman–Crippen MR) is 68.0 cm³/mol. The molecule has 0 radical (unpaired) electrons. The van der Waals surface area contributed by atoms with Gasteiger partial charge in [0.1, 0.15) is 0 Å². The average Bonchev–Trinajstić information content (AvgIpc) is 2.83. The third-order valence-corrected chi connectivity index (χ3v) is 2.94. The number of anilines is 1. The molecule has 1 aromatic rings. The Labute approximate surface area is 103 Å². The van der Waals surface area contributed by atoms with Crippen LogP contribution in [0.5, 0.6) is 0 Å². The third-order valence-electron chi connectivity index (χ3n) is 2.04. The van der Waals surface area contributed by atoms with E-state index in [9.17, 15) is 9.59 Å². The lowest BCUT2D eigenvalue weighted by atomic mass is 10.3. The number of carbonyl (C=O) groups excluding carboxylic acids is 2. The number of nitrogens with one attached hydrogen (secondary N) is 2. The van der Waals surface area contributed by atoms with Crippen LogP contribution in [0.25, 0.3) is 0 Å². The van der Waals surface area contributed by atoms with Crippen LogP contribution in [0, 0.1) is 0 Å². The number of hydrogen-bond acceptors (Lipinski definition) is 4. The molecule has 2 amide bonds. The Morgan fingerprint density at radius 2 is 1.82 bits per heavy atom. The van der Waals surface area contributed by atoms with Gasteiger partial charge in [0, 0.05) is 11.4 Å². The van der Waals surface area contributed by atoms with Crippen LogP contribution < -0.4 is 10.6 Å². The van der Waals surface area contributed by atoms with Gasteiger partial charge in [-0.1, -0.05) is 30.0 Å². The second-order valence-corrected chi connectivity index (χ2v) is 4.39. The average molecular weight is 249 g/mol. The van der Waals surface area contributed by atoms with Crippen LogP contribution in [-0.4, -0.2) is 29.3 Å². The summed E-state index contributed by atoms with van der Waals surface area (Å²) < 4.78 is 0. The lowest BCUT2D eigenvalue weighted by Gasteiger charge is -2.05. The van der Waals surface area contributed by atoms with Crippen molar-refractivity contribution in [3.05, 3.63) is 30.3 Å². The van der Waals surface area contributed by atoms with Crippen molar-refractivity contribution in [3.63, 3.8) is 0 Å². The minimum Gasteiger partial charge on any atom is -0.318 e. The molecule has 88 valence electrons. The molecule has 0 aliphatic carbocycles. The summed E-state index contributed by atoms with van der Waals surface area (Å²) in [4.78, 5) is 27.0. The van der Waals surface area contributed by atoms with Gasteiger partial charge in [-0.15, -0.1) is 0 Å². The van der Waals surface area contributed by atoms with Crippen LogP contribution in [0.4, 0.5) is 5.69 Å². The highest BCUT2D eigenvalue weighted by Gasteiger charge is 2.17. The molecule has 17 heavy (non-hydrogen) atoms. The van der Waals surface area contributed by atoms with Crippen molar-refractivity contribution in [2.24, 2.45) is 4.99 Å². The van der Waals surface area contributed by atoms with Crippen molar-refractivity contribution < 1.29 is 9.59 Å². The Balaban J connectivity index is 1.89. The first-order valence-corrected chi connectivity index (χ1v) is 6.09. The predicted octanol–water partition coefficient (Wildman–Crippen LogP) is 0.844. The van der Waals surface area contributed by atoms with Crippen LogP contribution >= 0.6 is 11.8 Å². The first-order chi connectivity index (χ1) is 8.25. The number of amides is 2. The van der Waals surface area contributed by atoms with Gasteiger partial charge in [-0.05, 0) is 12.1 Å². The summed E-state index contributed by atoms with van der Waals surface area (Å²) in [5.41, 5.74) is 0.591. The van der Waals surface area contributed by atoms with E-state index in [0.717, 1.165) is 5.75 Å². The summed E-state index contributed by atoms with van der Waals surface area (Å²) in [5, 5.41) is 5.47. The fourth-order valence-electron chi connectivity index (χ4n) is 1.27. The van der Waals surface area contributed by atoms with Crippen molar-refractivity contribution in [2.45, 2.75) is 0 Å². The summed E-state index contributed by atoms with van der Waals surface area (Å²) in [5.74, 6) is -0.538. The monoisotopic (exact) mass is 249 g/mol. The van der Waals surface area contributed by atoms with Gasteiger partial charge in [-0.25, -0.2) is 0 Å². The van der Waals surface area contributed by atoms with E-state index in [4.69, 9.17) is 0 Å². The number of amidine groups is 1. The Hall–Kier alpha value is -1.82. The van der Waals surface area contributed by atoms with E-state index in [-0.39, 0.29) is 0 Å². The first kappa shape index (κ1) is 11.7. The van der Waals surface area contributed by atoms with E-state index < -0.39 is 11.8 Å². The molecule has 5 nitrogen and oxygen atoms in total. The number of rotatable bonds is 1. The molecule has 0 fully saturated rings. The highest BCUT2D eigenvalue weighted by Crippen LogP contribution is 2.09. The number of aliphatic imine (C=N–C) groups is 1. The number of nitrogens with zero attached hydrogens (tertiary/aromatic N) is 1. The number of thioether (sulfide) groups is 1. The molecule has 1 aliphatic rings. The van der Waals surface area contributed by atoms with Crippen molar-refractivity contribution in [1.82, 2.24) is 5.32 Å². The lowest BCUT2D eigenvalue weighted by Crippen LogP contribution is -2.37. The molecule has 2 N–H and O–H groups in total. The molecule has 0 bridgehead atoms. The summed E-state index contributed by atoms with van der Waals surface area (Å²) in [7, 11) is 0. The highest BCUT2D eigenvalue weighted by molar-refractivity contribution is 8.14. The first-order valence-electron chi connectivity index (χ1n) is 5.10. The van der Waals surface area contributed by atoms with Gasteiger partial charge in [0.15, 0.2) is 5.17 Å². The SMILES string of the molecule is O=C(NC1=NCCS1)C(=O)Nc1ccccc1. The molecular formula is C11H11N3O2S. The van der Waals surface area contributed by atoms with Gasteiger partial charge < -0.3 is 5.32 Å². The number of para-hydroxylation sites is 1. The van der Waals surface area contributed by atoms with E-state index in [1.165, 1.54) is 11.8 Å². The van der Waals surface area contributed by atoms with E-state index >= 15 is 0 Å². The molecule has 0 saturated heterocycles. The molecule has 6 heteroatoms. The molecule has 2 rings (SSSR count). The minimum atomic E-state index is -0.693. The summed E-state index contributed by atoms with van der Waals surface area (Å²) in [6.45, 7) is 0.681. The van der Waals surface area contributed by atoms with E-state index in [1.54, 1.807) is 24.3 Å². The maximum Gasteiger partial charge on any atom is 0.315 e. The maximum absolute atomic E-state index is 11.5. The number of hydrogen-bond donors (Lipinski definition) is 2. The zero-order valence-electron chi connectivity index (χ0n) is 8.97. The van der Waals surface area contributed by atoms with Gasteiger partial charge >= 0.3 is 11.8 Å². The molecule has 0 aromatic heterocycles.